The van der Waals surface area contributed by atoms with Gasteiger partial charge in [0.25, 0.3) is 5.91 Å². The second-order valence-corrected chi connectivity index (χ2v) is 7.96. The van der Waals surface area contributed by atoms with Crippen LogP contribution in [-0.2, 0) is 4.79 Å². The number of aromatic nitrogens is 1. The minimum atomic E-state index is -0.0636. The number of thiazole rings is 1. The number of carbonyl (C=O) groups is 1. The van der Waals surface area contributed by atoms with Crippen LogP contribution in [0, 0.1) is 0 Å². The second-order valence-electron chi connectivity index (χ2n) is 5.97. The van der Waals surface area contributed by atoms with E-state index in [2.05, 4.69) is 9.88 Å². The molecule has 26 heavy (non-hydrogen) atoms. The molecule has 0 saturated carbocycles. The Bertz CT molecular complexity index is 901. The number of likely N-dealkylation sites (N-methyl/N-ethyl adjacent to an activating group) is 1. The van der Waals surface area contributed by atoms with Gasteiger partial charge < -0.3 is 9.64 Å². The molecule has 1 aromatic carbocycles. The zero-order chi connectivity index (χ0) is 18.5. The Morgan fingerprint density at radius 3 is 2.81 bits per heavy atom. The number of nitrogens with zero attached hydrogens (tertiary/aromatic N) is 3. The van der Waals surface area contributed by atoms with Crippen LogP contribution < -0.4 is 9.64 Å². The maximum Gasteiger partial charge on any atom is 0.252 e. The van der Waals surface area contributed by atoms with E-state index in [9.17, 15) is 4.79 Å². The van der Waals surface area contributed by atoms with Crippen molar-refractivity contribution in [2.75, 3.05) is 39.2 Å². The van der Waals surface area contributed by atoms with Crippen LogP contribution in [0.3, 0.4) is 0 Å². The number of carbonyl (C=O) groups excluding carboxylic acids is 1. The molecule has 3 aromatic rings. The van der Waals surface area contributed by atoms with Gasteiger partial charge in [0.15, 0.2) is 5.13 Å². The third-order valence-corrected chi connectivity index (χ3v) is 5.66. The first-order valence-electron chi connectivity index (χ1n) is 8.19. The van der Waals surface area contributed by atoms with E-state index in [1.54, 1.807) is 29.4 Å². The monoisotopic (exact) mass is 387 g/mol. The van der Waals surface area contributed by atoms with Crippen molar-refractivity contribution in [2.24, 2.45) is 0 Å². The fourth-order valence-electron chi connectivity index (χ4n) is 2.36. The van der Waals surface area contributed by atoms with Crippen molar-refractivity contribution in [3.8, 4) is 5.75 Å². The second kappa shape index (κ2) is 8.44. The number of hydrogen-bond acceptors (Lipinski definition) is 6. The number of anilines is 1. The lowest BCUT2D eigenvalue weighted by atomic mass is 10.3. The Labute approximate surface area is 161 Å². The van der Waals surface area contributed by atoms with Gasteiger partial charge in [0.05, 0.1) is 17.3 Å². The van der Waals surface area contributed by atoms with E-state index < -0.39 is 0 Å². The number of thiophene rings is 1. The SMILES string of the molecule is COc1ccc2nc(N(CCN(C)C)C(=O)/C=C/c3cccs3)sc2c1. The zero-order valence-electron chi connectivity index (χ0n) is 15.0. The molecule has 0 N–H and O–H groups in total. The number of benzene rings is 1. The first-order chi connectivity index (χ1) is 12.6. The fraction of sp³-hybridized carbons (Fsp3) is 0.263. The van der Waals surface area contributed by atoms with Crippen LogP contribution in [0.2, 0.25) is 0 Å². The minimum absolute atomic E-state index is 0.0636. The molecule has 1 amide bonds. The highest BCUT2D eigenvalue weighted by molar-refractivity contribution is 7.22. The molecule has 0 saturated heterocycles. The number of fused-ring (bicyclic) bond motifs is 1. The molecule has 7 heteroatoms. The summed E-state index contributed by atoms with van der Waals surface area (Å²) in [6.45, 7) is 1.34. The number of amides is 1. The number of hydrogen-bond donors (Lipinski definition) is 0. The van der Waals surface area contributed by atoms with E-state index in [-0.39, 0.29) is 5.91 Å². The smallest absolute Gasteiger partial charge is 0.252 e. The van der Waals surface area contributed by atoms with Gasteiger partial charge >= 0.3 is 0 Å². The third kappa shape index (κ3) is 4.49. The molecule has 0 aliphatic carbocycles. The highest BCUT2D eigenvalue weighted by Gasteiger charge is 2.18. The standard InChI is InChI=1S/C19H21N3O2S2/c1-21(2)10-11-22(18(23)9-7-15-5-4-12-25-15)19-20-16-8-6-14(24-3)13-17(16)26-19/h4-9,12-13H,10-11H2,1-3H3/b9-7+. The summed E-state index contributed by atoms with van der Waals surface area (Å²) in [4.78, 5) is 22.3. The largest absolute Gasteiger partial charge is 0.497 e. The minimum Gasteiger partial charge on any atom is -0.497 e. The van der Waals surface area contributed by atoms with Gasteiger partial charge in [0, 0.05) is 24.0 Å². The van der Waals surface area contributed by atoms with Crippen LogP contribution in [-0.4, -0.2) is 50.1 Å². The molecule has 0 radical (unpaired) electrons. The van der Waals surface area contributed by atoms with E-state index in [1.165, 1.54) is 11.3 Å². The van der Waals surface area contributed by atoms with Crippen LogP contribution in [0.25, 0.3) is 16.3 Å². The predicted octanol–water partition coefficient (Wildman–Crippen LogP) is 3.97. The zero-order valence-corrected chi connectivity index (χ0v) is 16.6. The van der Waals surface area contributed by atoms with Crippen LogP contribution in [0.15, 0.2) is 41.8 Å². The lowest BCUT2D eigenvalue weighted by Gasteiger charge is -2.20. The lowest BCUT2D eigenvalue weighted by molar-refractivity contribution is -0.114. The highest BCUT2D eigenvalue weighted by atomic mass is 32.1. The van der Waals surface area contributed by atoms with E-state index >= 15 is 0 Å². The molecule has 0 aliphatic rings. The lowest BCUT2D eigenvalue weighted by Crippen LogP contribution is -2.35. The summed E-state index contributed by atoms with van der Waals surface area (Å²) in [6, 6.07) is 9.72. The van der Waals surface area contributed by atoms with Crippen LogP contribution >= 0.6 is 22.7 Å². The summed E-state index contributed by atoms with van der Waals surface area (Å²) >= 11 is 3.11. The number of methoxy groups -OCH3 is 1. The maximum absolute atomic E-state index is 12.8. The average molecular weight is 388 g/mol. The van der Waals surface area contributed by atoms with Crippen molar-refractivity contribution >= 4 is 50.0 Å². The fourth-order valence-corrected chi connectivity index (χ4v) is 4.01. The molecule has 2 aromatic heterocycles. The van der Waals surface area contributed by atoms with Crippen molar-refractivity contribution in [2.45, 2.75) is 0 Å². The summed E-state index contributed by atoms with van der Waals surface area (Å²) in [5, 5.41) is 2.70. The van der Waals surface area contributed by atoms with Gasteiger partial charge in [-0.15, -0.1) is 11.3 Å². The molecule has 0 bridgehead atoms. The number of rotatable bonds is 7. The molecule has 0 spiro atoms. The molecule has 0 atom stereocenters. The van der Waals surface area contributed by atoms with Gasteiger partial charge in [-0.2, -0.15) is 0 Å². The van der Waals surface area contributed by atoms with Crippen LogP contribution in [0.5, 0.6) is 5.75 Å². The molecule has 0 aliphatic heterocycles. The van der Waals surface area contributed by atoms with Crippen molar-refractivity contribution in [1.29, 1.82) is 0 Å². The summed E-state index contributed by atoms with van der Waals surface area (Å²) in [5.74, 6) is 0.725. The maximum atomic E-state index is 12.8. The van der Waals surface area contributed by atoms with Gasteiger partial charge in [0.2, 0.25) is 0 Å². The molecule has 0 unspecified atom stereocenters. The Morgan fingerprint density at radius 1 is 1.27 bits per heavy atom. The molecule has 3 rings (SSSR count). The van der Waals surface area contributed by atoms with Gasteiger partial charge in [-0.1, -0.05) is 17.4 Å². The average Bonchev–Trinajstić information content (AvgIpc) is 3.28. The molecule has 2 heterocycles. The molecule has 5 nitrogen and oxygen atoms in total. The summed E-state index contributed by atoms with van der Waals surface area (Å²) in [7, 11) is 5.63. The first-order valence-corrected chi connectivity index (χ1v) is 9.89. The van der Waals surface area contributed by atoms with Gasteiger partial charge in [-0.25, -0.2) is 4.98 Å². The van der Waals surface area contributed by atoms with Gasteiger partial charge in [-0.3, -0.25) is 9.69 Å². The van der Waals surface area contributed by atoms with E-state index in [4.69, 9.17) is 4.74 Å². The molecular formula is C19H21N3O2S2. The molecule has 0 fully saturated rings. The van der Waals surface area contributed by atoms with Crippen LogP contribution in [0.1, 0.15) is 4.88 Å². The first kappa shape index (κ1) is 18.6. The van der Waals surface area contributed by atoms with Crippen molar-refractivity contribution in [3.05, 3.63) is 46.7 Å². The predicted molar refractivity (Wildman–Crippen MR) is 110 cm³/mol. The number of ether oxygens (including phenoxy) is 1. The van der Waals surface area contributed by atoms with Crippen molar-refractivity contribution in [1.82, 2.24) is 9.88 Å². The van der Waals surface area contributed by atoms with E-state index in [0.29, 0.717) is 11.7 Å². The van der Waals surface area contributed by atoms with E-state index in [0.717, 1.165) is 27.4 Å². The Balaban J connectivity index is 1.88. The van der Waals surface area contributed by atoms with E-state index in [1.807, 2.05) is 55.9 Å². The summed E-state index contributed by atoms with van der Waals surface area (Å²) < 4.78 is 6.28. The summed E-state index contributed by atoms with van der Waals surface area (Å²) in [5.41, 5.74) is 0.871. The molecule has 136 valence electrons. The van der Waals surface area contributed by atoms with Crippen LogP contribution in [0.4, 0.5) is 5.13 Å². The quantitative estimate of drug-likeness (QED) is 0.576. The highest BCUT2D eigenvalue weighted by Crippen LogP contribution is 2.31. The molecular weight excluding hydrogens is 366 g/mol. The Hall–Kier alpha value is -2.22. The Kier molecular flexibility index (Phi) is 6.03. The normalized spacial score (nSPS) is 11.5. The topological polar surface area (TPSA) is 45.7 Å². The van der Waals surface area contributed by atoms with Crippen molar-refractivity contribution < 1.29 is 9.53 Å². The third-order valence-electron chi connectivity index (χ3n) is 3.79. The summed E-state index contributed by atoms with van der Waals surface area (Å²) in [6.07, 6.45) is 3.47. The van der Waals surface area contributed by atoms with Gasteiger partial charge in [0.1, 0.15) is 5.75 Å². The van der Waals surface area contributed by atoms with Gasteiger partial charge in [-0.05, 0) is 49.8 Å². The van der Waals surface area contributed by atoms with Crippen molar-refractivity contribution in [3.63, 3.8) is 0 Å². The Morgan fingerprint density at radius 2 is 2.12 bits per heavy atom.